The van der Waals surface area contributed by atoms with E-state index in [1.54, 1.807) is 37.3 Å². The number of hydrogen-bond donors (Lipinski definition) is 1. The minimum Gasteiger partial charge on any atom is -0.324 e. The van der Waals surface area contributed by atoms with Gasteiger partial charge in [0.25, 0.3) is 5.91 Å². The van der Waals surface area contributed by atoms with Crippen molar-refractivity contribution >= 4 is 63.5 Å². The van der Waals surface area contributed by atoms with Crippen molar-refractivity contribution in [3.63, 3.8) is 0 Å². The molecule has 1 atom stereocenters. The summed E-state index contributed by atoms with van der Waals surface area (Å²) in [6, 6.07) is 15.6. The zero-order valence-corrected chi connectivity index (χ0v) is 16.2. The van der Waals surface area contributed by atoms with Gasteiger partial charge in [0.15, 0.2) is 0 Å². The smallest absolute Gasteiger partial charge is 0.266 e. The van der Waals surface area contributed by atoms with Gasteiger partial charge in [0.2, 0.25) is 5.91 Å². The Bertz CT molecular complexity index is 882. The second-order valence-corrected chi connectivity index (χ2v) is 7.75. The molecule has 2 aromatic rings. The number of anilines is 1. The maximum atomic E-state index is 12.7. The van der Waals surface area contributed by atoms with E-state index in [-0.39, 0.29) is 11.8 Å². The fourth-order valence-corrected chi connectivity index (χ4v) is 3.96. The molecule has 7 heteroatoms. The third-order valence-electron chi connectivity index (χ3n) is 3.80. The highest BCUT2D eigenvalue weighted by Gasteiger charge is 2.38. The van der Waals surface area contributed by atoms with E-state index >= 15 is 0 Å². The maximum absolute atomic E-state index is 12.7. The highest BCUT2D eigenvalue weighted by atomic mass is 35.5. The number of carbonyl (C=O) groups is 2. The zero-order valence-electron chi connectivity index (χ0n) is 13.8. The normalized spacial score (nSPS) is 16.8. The predicted octanol–water partition coefficient (Wildman–Crippen LogP) is 4.57. The van der Waals surface area contributed by atoms with Gasteiger partial charge in [-0.2, -0.15) is 0 Å². The Morgan fingerprint density at radius 3 is 2.50 bits per heavy atom. The molecule has 0 bridgehead atoms. The summed E-state index contributed by atoms with van der Waals surface area (Å²) >= 11 is 12.4. The van der Waals surface area contributed by atoms with Crippen molar-refractivity contribution in [1.29, 1.82) is 0 Å². The van der Waals surface area contributed by atoms with Gasteiger partial charge >= 0.3 is 0 Å². The molecular formula is C19H15ClN2O2S2. The van der Waals surface area contributed by atoms with E-state index in [0.29, 0.717) is 19.9 Å². The lowest BCUT2D eigenvalue weighted by molar-refractivity contribution is -0.129. The molecule has 1 fully saturated rings. The van der Waals surface area contributed by atoms with Crippen LogP contribution in [0.1, 0.15) is 12.5 Å². The molecule has 0 saturated carbocycles. The van der Waals surface area contributed by atoms with Gasteiger partial charge in [-0.25, -0.2) is 0 Å². The van der Waals surface area contributed by atoms with Crippen molar-refractivity contribution in [2.75, 3.05) is 5.32 Å². The molecule has 26 heavy (non-hydrogen) atoms. The molecule has 1 saturated heterocycles. The van der Waals surface area contributed by atoms with Crippen LogP contribution in [0.15, 0.2) is 59.5 Å². The van der Waals surface area contributed by atoms with Crippen molar-refractivity contribution in [2.45, 2.75) is 13.0 Å². The number of nitrogens with one attached hydrogen (secondary N) is 1. The maximum Gasteiger partial charge on any atom is 0.266 e. The van der Waals surface area contributed by atoms with Gasteiger partial charge < -0.3 is 5.32 Å². The van der Waals surface area contributed by atoms with E-state index in [9.17, 15) is 9.59 Å². The summed E-state index contributed by atoms with van der Waals surface area (Å²) in [6.07, 6.45) is 1.78. The van der Waals surface area contributed by atoms with E-state index in [2.05, 4.69) is 5.32 Å². The summed E-state index contributed by atoms with van der Waals surface area (Å²) in [4.78, 5) is 27.1. The minimum absolute atomic E-state index is 0.261. The molecule has 1 N–H and O–H groups in total. The van der Waals surface area contributed by atoms with Crippen molar-refractivity contribution in [3.8, 4) is 0 Å². The lowest BCUT2D eigenvalue weighted by Crippen LogP contribution is -2.44. The summed E-state index contributed by atoms with van der Waals surface area (Å²) in [7, 11) is 0. The Balaban J connectivity index is 1.74. The molecule has 0 spiro atoms. The number of thiocarbonyl (C=S) groups is 1. The summed E-state index contributed by atoms with van der Waals surface area (Å²) < 4.78 is 0.371. The van der Waals surface area contributed by atoms with Crippen molar-refractivity contribution < 1.29 is 9.59 Å². The molecule has 1 aliphatic heterocycles. The van der Waals surface area contributed by atoms with E-state index in [4.69, 9.17) is 23.8 Å². The molecule has 0 aromatic heterocycles. The first kappa shape index (κ1) is 18.6. The Kier molecular flexibility index (Phi) is 5.76. The third kappa shape index (κ3) is 4.15. The quantitative estimate of drug-likeness (QED) is 0.601. The van der Waals surface area contributed by atoms with Crippen LogP contribution in [0.5, 0.6) is 0 Å². The van der Waals surface area contributed by atoms with Crippen molar-refractivity contribution in [1.82, 2.24) is 4.90 Å². The van der Waals surface area contributed by atoms with E-state index in [0.717, 1.165) is 5.56 Å². The van der Waals surface area contributed by atoms with Crippen LogP contribution in [0.3, 0.4) is 0 Å². The number of amides is 2. The summed E-state index contributed by atoms with van der Waals surface area (Å²) in [5.41, 5.74) is 1.52. The molecule has 0 radical (unpaired) electrons. The van der Waals surface area contributed by atoms with Crippen LogP contribution in [0.25, 0.3) is 6.08 Å². The predicted molar refractivity (Wildman–Crippen MR) is 111 cm³/mol. The minimum atomic E-state index is -0.722. The first-order valence-corrected chi connectivity index (χ1v) is 9.44. The number of nitrogens with zero attached hydrogens (tertiary/aromatic N) is 1. The highest BCUT2D eigenvalue weighted by molar-refractivity contribution is 8.26. The van der Waals surface area contributed by atoms with Crippen molar-refractivity contribution in [2.24, 2.45) is 0 Å². The zero-order chi connectivity index (χ0) is 18.7. The van der Waals surface area contributed by atoms with Gasteiger partial charge in [-0.15, -0.1) is 0 Å². The number of rotatable bonds is 4. The number of thioether (sulfide) groups is 1. The molecule has 3 rings (SSSR count). The Labute approximate surface area is 166 Å². The van der Waals surface area contributed by atoms with Gasteiger partial charge in [0.05, 0.1) is 4.91 Å². The largest absolute Gasteiger partial charge is 0.324 e. The van der Waals surface area contributed by atoms with E-state index in [1.165, 1.54) is 16.7 Å². The second-order valence-electron chi connectivity index (χ2n) is 5.63. The number of carbonyl (C=O) groups excluding carboxylic acids is 2. The molecule has 2 aromatic carbocycles. The van der Waals surface area contributed by atoms with Crippen LogP contribution in [0.2, 0.25) is 5.02 Å². The topological polar surface area (TPSA) is 49.4 Å². The van der Waals surface area contributed by atoms with Crippen LogP contribution < -0.4 is 5.32 Å². The van der Waals surface area contributed by atoms with Crippen LogP contribution >= 0.6 is 35.6 Å². The molecule has 1 heterocycles. The lowest BCUT2D eigenvalue weighted by atomic mass is 10.2. The highest BCUT2D eigenvalue weighted by Crippen LogP contribution is 2.34. The van der Waals surface area contributed by atoms with Gasteiger partial charge in [0, 0.05) is 10.7 Å². The monoisotopic (exact) mass is 402 g/mol. The molecule has 1 unspecified atom stereocenters. The van der Waals surface area contributed by atoms with Crippen LogP contribution in [0.4, 0.5) is 5.69 Å². The molecule has 1 aliphatic rings. The first-order chi connectivity index (χ1) is 12.5. The number of halogens is 1. The fraction of sp³-hybridized carbons (Fsp3) is 0.105. The van der Waals surface area contributed by atoms with E-state index in [1.807, 2.05) is 30.3 Å². The van der Waals surface area contributed by atoms with Gasteiger partial charge in [0.1, 0.15) is 10.4 Å². The van der Waals surface area contributed by atoms with Gasteiger partial charge in [-0.1, -0.05) is 65.9 Å². The third-order valence-corrected chi connectivity index (χ3v) is 5.38. The molecule has 0 aliphatic carbocycles. The Hall–Kier alpha value is -2.15. The first-order valence-electron chi connectivity index (χ1n) is 7.84. The van der Waals surface area contributed by atoms with Crippen molar-refractivity contribution in [3.05, 3.63) is 70.1 Å². The van der Waals surface area contributed by atoms with E-state index < -0.39 is 6.04 Å². The van der Waals surface area contributed by atoms with Crippen LogP contribution in [-0.4, -0.2) is 27.1 Å². The van der Waals surface area contributed by atoms with Gasteiger partial charge in [-0.05, 0) is 42.8 Å². The summed E-state index contributed by atoms with van der Waals surface area (Å²) in [5, 5.41) is 3.35. The Morgan fingerprint density at radius 2 is 1.85 bits per heavy atom. The molecule has 4 nitrogen and oxygen atoms in total. The summed E-state index contributed by atoms with van der Waals surface area (Å²) in [6.45, 7) is 1.65. The fourth-order valence-electron chi connectivity index (χ4n) is 2.41. The number of benzene rings is 2. The molecule has 2 amide bonds. The van der Waals surface area contributed by atoms with Crippen LogP contribution in [-0.2, 0) is 9.59 Å². The standard InChI is InChI=1S/C19H15ClN2O2S2/c1-12(17(23)21-15-9-7-14(20)8-10-15)22-18(24)16(26-19(22)25)11-13-5-3-2-4-6-13/h2-12H,1H3,(H,21,23)/b16-11-. The Morgan fingerprint density at radius 1 is 1.19 bits per heavy atom. The molecule has 132 valence electrons. The summed E-state index contributed by atoms with van der Waals surface area (Å²) in [5.74, 6) is -0.577. The number of hydrogen-bond acceptors (Lipinski definition) is 4. The molecular weight excluding hydrogens is 388 g/mol. The lowest BCUT2D eigenvalue weighted by Gasteiger charge is -2.22. The van der Waals surface area contributed by atoms with Crippen LogP contribution in [0, 0.1) is 0 Å². The van der Waals surface area contributed by atoms with Gasteiger partial charge in [-0.3, -0.25) is 14.5 Å². The average Bonchev–Trinajstić information content (AvgIpc) is 2.90. The second kappa shape index (κ2) is 8.03. The average molecular weight is 403 g/mol. The SMILES string of the molecule is CC(C(=O)Nc1ccc(Cl)cc1)N1C(=O)/C(=C/c2ccccc2)SC1=S.